The predicted molar refractivity (Wildman–Crippen MR) is 263 cm³/mol. The van der Waals surface area contributed by atoms with Crippen molar-refractivity contribution in [3.63, 3.8) is 0 Å². The molecule has 292 valence electrons. The molecule has 0 saturated heterocycles. The van der Waals surface area contributed by atoms with Crippen molar-refractivity contribution in [2.24, 2.45) is 0 Å². The van der Waals surface area contributed by atoms with E-state index in [9.17, 15) is 0 Å². The monoisotopic (exact) mass is 797 g/mol. The van der Waals surface area contributed by atoms with Crippen LogP contribution in [0.1, 0.15) is 22.3 Å². The molecular formula is C62H39N. The highest BCUT2D eigenvalue weighted by atomic mass is 14.7. The first-order valence-corrected chi connectivity index (χ1v) is 21.9. The highest BCUT2D eigenvalue weighted by Gasteiger charge is 2.51. The van der Waals surface area contributed by atoms with Crippen molar-refractivity contribution in [3.8, 4) is 78.0 Å². The van der Waals surface area contributed by atoms with E-state index >= 15 is 0 Å². The molecule has 1 heterocycles. The highest BCUT2D eigenvalue weighted by molar-refractivity contribution is 6.21. The van der Waals surface area contributed by atoms with Gasteiger partial charge < -0.3 is 0 Å². The third-order valence-corrected chi connectivity index (χ3v) is 13.8. The standard InChI is InChI=1S/C62H39N/c1-2-14-40(15-3-1)41-28-32-44(33-29-41)60-51-19-4-6-21-53(51)61(54-22-7-5-20-52(54)60)46-35-37-59(63-39-46)43-30-26-42(27-31-43)45-34-36-50-49-18-10-13-25-57(49)62(58(50)38-45)55-23-11-8-16-47(55)48-17-9-12-24-56(48)62/h1-39H. The molecule has 1 heteroatoms. The second kappa shape index (κ2) is 14.0. The highest BCUT2D eigenvalue weighted by Crippen LogP contribution is 2.63. The minimum Gasteiger partial charge on any atom is -0.256 e. The van der Waals surface area contributed by atoms with E-state index < -0.39 is 0 Å². The lowest BCUT2D eigenvalue weighted by atomic mass is 9.70. The molecular weight excluding hydrogens is 759 g/mol. The number of hydrogen-bond acceptors (Lipinski definition) is 1. The van der Waals surface area contributed by atoms with Gasteiger partial charge in [0.1, 0.15) is 0 Å². The quantitative estimate of drug-likeness (QED) is 0.158. The van der Waals surface area contributed by atoms with Crippen LogP contribution in [-0.4, -0.2) is 4.98 Å². The van der Waals surface area contributed by atoms with Crippen LogP contribution in [-0.2, 0) is 5.41 Å². The van der Waals surface area contributed by atoms with E-state index in [4.69, 9.17) is 4.98 Å². The Labute approximate surface area is 367 Å². The molecule has 0 aliphatic heterocycles. The Morgan fingerprint density at radius 3 is 1.16 bits per heavy atom. The van der Waals surface area contributed by atoms with Crippen LogP contribution >= 0.6 is 0 Å². The molecule has 0 N–H and O–H groups in total. The molecule has 13 rings (SSSR count). The first-order valence-electron chi connectivity index (χ1n) is 21.9. The van der Waals surface area contributed by atoms with Gasteiger partial charge in [-0.15, -0.1) is 0 Å². The van der Waals surface area contributed by atoms with E-state index in [1.807, 2.05) is 0 Å². The summed E-state index contributed by atoms with van der Waals surface area (Å²) in [6, 6.07) is 84.7. The Balaban J connectivity index is 0.861. The first kappa shape index (κ1) is 35.6. The van der Waals surface area contributed by atoms with E-state index in [2.05, 4.69) is 237 Å². The Bertz CT molecular complexity index is 3460. The fraction of sp³-hybridized carbons (Fsp3) is 0.0161. The summed E-state index contributed by atoms with van der Waals surface area (Å²) in [7, 11) is 0. The van der Waals surface area contributed by atoms with Crippen LogP contribution in [0.3, 0.4) is 0 Å². The molecule has 1 aromatic heterocycles. The first-order chi connectivity index (χ1) is 31.3. The third-order valence-electron chi connectivity index (χ3n) is 13.8. The summed E-state index contributed by atoms with van der Waals surface area (Å²) in [6.45, 7) is 0. The van der Waals surface area contributed by atoms with Crippen molar-refractivity contribution in [2.75, 3.05) is 0 Å². The van der Waals surface area contributed by atoms with Gasteiger partial charge in [0, 0.05) is 17.3 Å². The minimum absolute atomic E-state index is 0.355. The summed E-state index contributed by atoms with van der Waals surface area (Å²) in [5.41, 5.74) is 22.1. The number of rotatable bonds is 5. The summed E-state index contributed by atoms with van der Waals surface area (Å²) >= 11 is 0. The Morgan fingerprint density at radius 1 is 0.254 bits per heavy atom. The molecule has 11 aromatic rings. The van der Waals surface area contributed by atoms with Gasteiger partial charge in [-0.1, -0.05) is 218 Å². The summed E-state index contributed by atoms with van der Waals surface area (Å²) in [4.78, 5) is 5.12. The van der Waals surface area contributed by atoms with Crippen molar-refractivity contribution in [1.82, 2.24) is 4.98 Å². The normalized spacial score (nSPS) is 12.9. The van der Waals surface area contributed by atoms with Gasteiger partial charge in [0.05, 0.1) is 11.1 Å². The number of benzene rings is 10. The van der Waals surface area contributed by atoms with Gasteiger partial charge in [0.2, 0.25) is 0 Å². The fourth-order valence-corrected chi connectivity index (χ4v) is 11.0. The summed E-state index contributed by atoms with van der Waals surface area (Å²) in [6.07, 6.45) is 2.06. The molecule has 2 aliphatic rings. The van der Waals surface area contributed by atoms with Gasteiger partial charge in [0.25, 0.3) is 0 Å². The van der Waals surface area contributed by atoms with Crippen molar-refractivity contribution in [3.05, 3.63) is 259 Å². The van der Waals surface area contributed by atoms with Crippen LogP contribution in [0.2, 0.25) is 0 Å². The number of aromatic nitrogens is 1. The van der Waals surface area contributed by atoms with Crippen molar-refractivity contribution in [2.45, 2.75) is 5.41 Å². The van der Waals surface area contributed by atoms with Crippen molar-refractivity contribution >= 4 is 21.5 Å². The molecule has 0 bridgehead atoms. The van der Waals surface area contributed by atoms with E-state index in [0.29, 0.717) is 0 Å². The fourth-order valence-electron chi connectivity index (χ4n) is 11.0. The average Bonchev–Trinajstić information content (AvgIpc) is 3.83. The maximum atomic E-state index is 5.12. The molecule has 0 amide bonds. The Morgan fingerprint density at radius 2 is 0.635 bits per heavy atom. The number of nitrogens with zero attached hydrogens (tertiary/aromatic N) is 1. The molecule has 63 heavy (non-hydrogen) atoms. The lowest BCUT2D eigenvalue weighted by Gasteiger charge is -2.30. The van der Waals surface area contributed by atoms with Gasteiger partial charge in [-0.25, -0.2) is 0 Å². The zero-order valence-electron chi connectivity index (χ0n) is 34.5. The van der Waals surface area contributed by atoms with Crippen LogP contribution in [0.5, 0.6) is 0 Å². The number of fused-ring (bicyclic) bond motifs is 12. The lowest BCUT2D eigenvalue weighted by molar-refractivity contribution is 0.794. The van der Waals surface area contributed by atoms with Crippen LogP contribution in [0, 0.1) is 0 Å². The van der Waals surface area contributed by atoms with Gasteiger partial charge >= 0.3 is 0 Å². The lowest BCUT2D eigenvalue weighted by Crippen LogP contribution is -2.25. The van der Waals surface area contributed by atoms with Gasteiger partial charge in [-0.2, -0.15) is 0 Å². The van der Waals surface area contributed by atoms with Crippen molar-refractivity contribution in [1.29, 1.82) is 0 Å². The molecule has 0 atom stereocenters. The zero-order chi connectivity index (χ0) is 41.5. The predicted octanol–water partition coefficient (Wildman–Crippen LogP) is 16.1. The summed E-state index contributed by atoms with van der Waals surface area (Å²) in [5, 5.41) is 4.92. The van der Waals surface area contributed by atoms with Crippen molar-refractivity contribution < 1.29 is 0 Å². The summed E-state index contributed by atoms with van der Waals surface area (Å²) < 4.78 is 0. The van der Waals surface area contributed by atoms with Crippen LogP contribution in [0.25, 0.3) is 99.6 Å². The molecule has 0 radical (unpaired) electrons. The van der Waals surface area contributed by atoms with E-state index in [0.717, 1.165) is 16.8 Å². The topological polar surface area (TPSA) is 12.9 Å². The Hall–Kier alpha value is -8.13. The van der Waals surface area contributed by atoms with E-state index in [-0.39, 0.29) is 5.41 Å². The van der Waals surface area contributed by atoms with Crippen LogP contribution in [0.15, 0.2) is 237 Å². The molecule has 0 unspecified atom stereocenters. The van der Waals surface area contributed by atoms with Gasteiger partial charge in [-0.3, -0.25) is 4.98 Å². The number of hydrogen-bond donors (Lipinski definition) is 0. The second-order valence-electron chi connectivity index (χ2n) is 16.9. The molecule has 2 aliphatic carbocycles. The number of pyridine rings is 1. The van der Waals surface area contributed by atoms with Crippen LogP contribution in [0.4, 0.5) is 0 Å². The molecule has 1 spiro atoms. The van der Waals surface area contributed by atoms with Gasteiger partial charge in [0.15, 0.2) is 0 Å². The maximum Gasteiger partial charge on any atom is 0.0725 e. The molecule has 0 fully saturated rings. The second-order valence-corrected chi connectivity index (χ2v) is 16.9. The van der Waals surface area contributed by atoms with E-state index in [1.54, 1.807) is 0 Å². The molecule has 1 nitrogen and oxygen atoms in total. The van der Waals surface area contributed by atoms with Crippen LogP contribution < -0.4 is 0 Å². The van der Waals surface area contributed by atoms with Gasteiger partial charge in [-0.05, 0) is 117 Å². The SMILES string of the molecule is c1ccc(-c2ccc(-c3c4ccccc4c(-c4ccc(-c5ccc(-c6ccc7c(c6)C6(c8ccccc8-c8ccccc86)c6ccccc6-7)cc5)nc4)c4ccccc34)cc2)cc1. The van der Waals surface area contributed by atoms with E-state index in [1.165, 1.54) is 105 Å². The Kier molecular flexibility index (Phi) is 7.89. The largest absolute Gasteiger partial charge is 0.256 e. The zero-order valence-corrected chi connectivity index (χ0v) is 34.5. The molecule has 0 saturated carbocycles. The average molecular weight is 798 g/mol. The summed E-state index contributed by atoms with van der Waals surface area (Å²) in [5.74, 6) is 0. The smallest absolute Gasteiger partial charge is 0.0725 e. The maximum absolute atomic E-state index is 5.12. The third kappa shape index (κ3) is 5.27. The minimum atomic E-state index is -0.355. The molecule has 10 aromatic carbocycles.